The van der Waals surface area contributed by atoms with E-state index in [0.29, 0.717) is 23.1 Å². The average Bonchev–Trinajstić information content (AvgIpc) is 3.35. The van der Waals surface area contributed by atoms with Gasteiger partial charge in [-0.05, 0) is 29.8 Å². The van der Waals surface area contributed by atoms with Gasteiger partial charge in [0.05, 0.1) is 18.8 Å². The molecule has 0 fully saturated rings. The fourth-order valence-electron chi connectivity index (χ4n) is 3.12. The van der Waals surface area contributed by atoms with Crippen molar-refractivity contribution in [2.75, 3.05) is 0 Å². The molecule has 3 heterocycles. The first-order chi connectivity index (χ1) is 13.7. The van der Waals surface area contributed by atoms with E-state index in [1.165, 1.54) is 12.1 Å². The van der Waals surface area contributed by atoms with E-state index in [-0.39, 0.29) is 24.4 Å². The maximum absolute atomic E-state index is 13.1. The van der Waals surface area contributed by atoms with E-state index in [1.54, 1.807) is 28.9 Å². The summed E-state index contributed by atoms with van der Waals surface area (Å²) in [6, 6.07) is 13.4. The zero-order valence-corrected chi connectivity index (χ0v) is 15.2. The van der Waals surface area contributed by atoms with Crippen molar-refractivity contribution in [3.8, 4) is 23.0 Å². The van der Waals surface area contributed by atoms with E-state index >= 15 is 0 Å². The second kappa shape index (κ2) is 6.81. The molecule has 1 atom stereocenters. The van der Waals surface area contributed by atoms with Crippen molar-refractivity contribution in [1.29, 1.82) is 0 Å². The molecule has 0 N–H and O–H groups in total. The van der Waals surface area contributed by atoms with E-state index in [9.17, 15) is 4.39 Å². The summed E-state index contributed by atoms with van der Waals surface area (Å²) in [4.78, 5) is 4.41. The number of fused-ring (bicyclic) bond motifs is 1. The number of rotatable bonds is 3. The van der Waals surface area contributed by atoms with Crippen LogP contribution in [0.4, 0.5) is 4.39 Å². The first-order valence-electron chi connectivity index (χ1n) is 8.57. The minimum Gasteiger partial charge on any atom is -0.365 e. The predicted molar refractivity (Wildman–Crippen MR) is 97.7 cm³/mol. The van der Waals surface area contributed by atoms with Crippen LogP contribution >= 0.6 is 11.6 Å². The van der Waals surface area contributed by atoms with Crippen LogP contribution in [0.5, 0.6) is 0 Å². The van der Waals surface area contributed by atoms with Crippen LogP contribution < -0.4 is 0 Å². The summed E-state index contributed by atoms with van der Waals surface area (Å²) in [5.41, 5.74) is 2.86. The number of ether oxygens (including phenoxy) is 1. The van der Waals surface area contributed by atoms with Gasteiger partial charge in [-0.25, -0.2) is 9.07 Å². The van der Waals surface area contributed by atoms with Crippen LogP contribution in [-0.2, 0) is 17.9 Å². The van der Waals surface area contributed by atoms with E-state index in [4.69, 9.17) is 20.9 Å². The number of nitrogens with zero attached hydrogens (tertiary/aromatic N) is 5. The molecule has 0 saturated heterocycles. The van der Waals surface area contributed by atoms with Gasteiger partial charge < -0.3 is 9.26 Å². The first kappa shape index (κ1) is 17.0. The van der Waals surface area contributed by atoms with Gasteiger partial charge in [0.25, 0.3) is 5.89 Å². The molecule has 2 aromatic heterocycles. The molecule has 1 aliphatic heterocycles. The highest BCUT2D eigenvalue weighted by Gasteiger charge is 2.28. The summed E-state index contributed by atoms with van der Waals surface area (Å²) in [7, 11) is 0. The quantitative estimate of drug-likeness (QED) is 0.518. The van der Waals surface area contributed by atoms with E-state index in [0.717, 1.165) is 16.8 Å². The summed E-state index contributed by atoms with van der Waals surface area (Å²) in [6.45, 7) is 0.739. The van der Waals surface area contributed by atoms with Gasteiger partial charge in [-0.1, -0.05) is 46.2 Å². The fourth-order valence-corrected chi connectivity index (χ4v) is 3.31. The summed E-state index contributed by atoms with van der Waals surface area (Å²) in [5.74, 6) is 0.399. The van der Waals surface area contributed by atoms with Crippen molar-refractivity contribution in [1.82, 2.24) is 25.1 Å². The maximum Gasteiger partial charge on any atom is 0.280 e. The summed E-state index contributed by atoms with van der Waals surface area (Å²) >= 11 is 6.02. The molecular weight excluding hydrogens is 385 g/mol. The van der Waals surface area contributed by atoms with E-state index < -0.39 is 0 Å². The Hall–Kier alpha value is -3.10. The molecule has 1 aliphatic rings. The van der Waals surface area contributed by atoms with Crippen LogP contribution in [0, 0.1) is 5.82 Å². The lowest BCUT2D eigenvalue weighted by molar-refractivity contribution is -0.00120. The first-order valence-corrected chi connectivity index (χ1v) is 8.94. The summed E-state index contributed by atoms with van der Waals surface area (Å²) in [5, 5.41) is 13.0. The Kier molecular flexibility index (Phi) is 4.14. The third-order valence-electron chi connectivity index (χ3n) is 4.55. The van der Waals surface area contributed by atoms with Gasteiger partial charge in [-0.3, -0.25) is 0 Å². The molecule has 4 aromatic rings. The second-order valence-electron chi connectivity index (χ2n) is 6.35. The highest BCUT2D eigenvalue weighted by atomic mass is 35.5. The van der Waals surface area contributed by atoms with Crippen molar-refractivity contribution >= 4 is 11.6 Å². The lowest BCUT2D eigenvalue weighted by Gasteiger charge is -2.24. The number of hydrogen-bond acceptors (Lipinski definition) is 6. The number of benzene rings is 2. The van der Waals surface area contributed by atoms with Crippen molar-refractivity contribution in [2.45, 2.75) is 19.3 Å². The molecule has 0 saturated carbocycles. The highest BCUT2D eigenvalue weighted by Crippen LogP contribution is 2.31. The van der Waals surface area contributed by atoms with E-state index in [2.05, 4.69) is 20.5 Å². The molecule has 9 heteroatoms. The van der Waals surface area contributed by atoms with Crippen LogP contribution in [0.2, 0.25) is 5.02 Å². The SMILES string of the molecule is Fc1ccc(C2Cn3nnc(-c4nc(-c5cccc(Cl)c5)no4)c3CO2)cc1. The molecule has 0 radical (unpaired) electrons. The molecule has 0 aliphatic carbocycles. The second-order valence-corrected chi connectivity index (χ2v) is 6.79. The van der Waals surface area contributed by atoms with Crippen molar-refractivity contribution in [3.05, 3.63) is 70.6 Å². The molecule has 140 valence electrons. The van der Waals surface area contributed by atoms with Gasteiger partial charge in [0, 0.05) is 10.6 Å². The Labute approximate surface area is 163 Å². The smallest absolute Gasteiger partial charge is 0.280 e. The topological polar surface area (TPSA) is 78.9 Å². The standard InChI is InChI=1S/C19H13ClFN5O2/c20-13-3-1-2-12(8-13)18-22-19(28-24-18)17-15-10-27-16(9-26(15)25-23-17)11-4-6-14(21)7-5-11/h1-8,16H,9-10H2. The van der Waals surface area contributed by atoms with Gasteiger partial charge in [-0.2, -0.15) is 4.98 Å². The van der Waals surface area contributed by atoms with Crippen LogP contribution in [0.25, 0.3) is 23.0 Å². The van der Waals surface area contributed by atoms with Gasteiger partial charge in [-0.15, -0.1) is 5.10 Å². The third kappa shape index (κ3) is 3.06. The zero-order valence-electron chi connectivity index (χ0n) is 14.4. The molecule has 28 heavy (non-hydrogen) atoms. The number of halogens is 2. The highest BCUT2D eigenvalue weighted by molar-refractivity contribution is 6.30. The average molecular weight is 398 g/mol. The Balaban J connectivity index is 1.42. The molecular formula is C19H13ClFN5O2. The minimum absolute atomic E-state index is 0.229. The normalized spacial score (nSPS) is 16.1. The summed E-state index contributed by atoms with van der Waals surface area (Å²) < 4.78 is 26.2. The Bertz CT molecular complexity index is 1140. The van der Waals surface area contributed by atoms with Crippen LogP contribution in [-0.4, -0.2) is 25.1 Å². The molecule has 7 nitrogen and oxygen atoms in total. The monoisotopic (exact) mass is 397 g/mol. The van der Waals surface area contributed by atoms with Gasteiger partial charge >= 0.3 is 0 Å². The zero-order chi connectivity index (χ0) is 19.1. The molecule has 5 rings (SSSR count). The molecule has 1 unspecified atom stereocenters. The Morgan fingerprint density at radius 1 is 1.14 bits per heavy atom. The minimum atomic E-state index is -0.282. The third-order valence-corrected chi connectivity index (χ3v) is 4.79. The van der Waals surface area contributed by atoms with Crippen LogP contribution in [0.3, 0.4) is 0 Å². The maximum atomic E-state index is 13.1. The molecule has 2 aromatic carbocycles. The van der Waals surface area contributed by atoms with Gasteiger partial charge in [0.2, 0.25) is 5.82 Å². The van der Waals surface area contributed by atoms with E-state index in [1.807, 2.05) is 12.1 Å². The van der Waals surface area contributed by atoms with Crippen LogP contribution in [0.15, 0.2) is 53.1 Å². The largest absolute Gasteiger partial charge is 0.365 e. The predicted octanol–water partition coefficient (Wildman–Crippen LogP) is 4.06. The molecule has 0 bridgehead atoms. The number of hydrogen-bond donors (Lipinski definition) is 0. The fraction of sp³-hybridized carbons (Fsp3) is 0.158. The lowest BCUT2D eigenvalue weighted by atomic mass is 10.1. The Morgan fingerprint density at radius 2 is 2.00 bits per heavy atom. The van der Waals surface area contributed by atoms with Crippen molar-refractivity contribution in [3.63, 3.8) is 0 Å². The van der Waals surface area contributed by atoms with Crippen LogP contribution in [0.1, 0.15) is 17.4 Å². The summed E-state index contributed by atoms with van der Waals surface area (Å²) in [6.07, 6.45) is -0.229. The number of aromatic nitrogens is 5. The van der Waals surface area contributed by atoms with Gasteiger partial charge in [0.1, 0.15) is 11.9 Å². The molecule has 0 spiro atoms. The molecule has 0 amide bonds. The van der Waals surface area contributed by atoms with Crippen molar-refractivity contribution in [2.24, 2.45) is 0 Å². The van der Waals surface area contributed by atoms with Gasteiger partial charge in [0.15, 0.2) is 5.69 Å². The Morgan fingerprint density at radius 3 is 2.82 bits per heavy atom. The van der Waals surface area contributed by atoms with Crippen molar-refractivity contribution < 1.29 is 13.7 Å². The lowest BCUT2D eigenvalue weighted by Crippen LogP contribution is -2.22.